The van der Waals surface area contributed by atoms with Gasteiger partial charge < -0.3 is 0 Å². The predicted molar refractivity (Wildman–Crippen MR) is 76.6 cm³/mol. The molecule has 0 saturated carbocycles. The largest absolute Gasteiger partial charge is 0.287 e. The lowest BCUT2D eigenvalue weighted by atomic mass is 10.1. The number of hydrogen-bond acceptors (Lipinski definition) is 5. The van der Waals surface area contributed by atoms with Crippen LogP contribution in [0, 0.1) is 12.8 Å². The quantitative estimate of drug-likeness (QED) is 0.611. The number of carbonyl (C=O) groups is 1. The average Bonchev–Trinajstić information content (AvgIpc) is 2.45. The summed E-state index contributed by atoms with van der Waals surface area (Å²) in [4.78, 5) is 33.9. The first kappa shape index (κ1) is 15.1. The van der Waals surface area contributed by atoms with Crippen LogP contribution in [0.1, 0.15) is 18.2 Å². The fourth-order valence-corrected chi connectivity index (χ4v) is 3.41. The Bertz CT molecular complexity index is 585. The summed E-state index contributed by atoms with van der Waals surface area (Å²) in [5.41, 5.74) is 1.48. The van der Waals surface area contributed by atoms with Crippen molar-refractivity contribution in [1.29, 1.82) is 0 Å². The zero-order valence-corrected chi connectivity index (χ0v) is 13.0. The minimum atomic E-state index is -0.260. The molecular formula is C13H19N3O3S. The topological polar surface area (TPSA) is 64.4 Å². The minimum absolute atomic E-state index is 0.0277. The third-order valence-corrected chi connectivity index (χ3v) is 4.68. The van der Waals surface area contributed by atoms with E-state index in [2.05, 4.69) is 4.98 Å². The van der Waals surface area contributed by atoms with Gasteiger partial charge in [-0.05, 0) is 13.3 Å². The van der Waals surface area contributed by atoms with Gasteiger partial charge in [0.15, 0.2) is 5.16 Å². The van der Waals surface area contributed by atoms with Crippen molar-refractivity contribution in [3.8, 4) is 0 Å². The molecule has 1 aliphatic heterocycles. The van der Waals surface area contributed by atoms with Gasteiger partial charge in [0.25, 0.3) is 11.5 Å². The molecule has 2 heterocycles. The van der Waals surface area contributed by atoms with Crippen LogP contribution in [0.2, 0.25) is 0 Å². The molecule has 1 aromatic heterocycles. The first-order chi connectivity index (χ1) is 9.49. The smallest absolute Gasteiger partial charge is 0.257 e. The number of aryl methyl sites for hydroxylation is 1. The molecule has 0 saturated heterocycles. The first-order valence-electron chi connectivity index (χ1n) is 6.54. The van der Waals surface area contributed by atoms with Crippen molar-refractivity contribution in [1.82, 2.24) is 14.6 Å². The molecule has 1 aromatic rings. The number of aromatic nitrogens is 2. The summed E-state index contributed by atoms with van der Waals surface area (Å²) in [6.45, 7) is 4.17. The van der Waals surface area contributed by atoms with Gasteiger partial charge in [0.1, 0.15) is 0 Å². The second-order valence-corrected chi connectivity index (χ2v) is 5.74. The molecular weight excluding hydrogens is 278 g/mol. The van der Waals surface area contributed by atoms with E-state index in [4.69, 9.17) is 4.84 Å². The number of rotatable bonds is 3. The number of hydrogen-bond donors (Lipinski definition) is 0. The molecule has 1 unspecified atom stereocenters. The molecule has 0 bridgehead atoms. The molecule has 20 heavy (non-hydrogen) atoms. The molecule has 2 rings (SSSR count). The van der Waals surface area contributed by atoms with E-state index < -0.39 is 0 Å². The first-order valence-corrected chi connectivity index (χ1v) is 7.52. The molecule has 0 aromatic carbocycles. The Balaban J connectivity index is 2.34. The maximum Gasteiger partial charge on any atom is 0.257 e. The monoisotopic (exact) mass is 297 g/mol. The van der Waals surface area contributed by atoms with Gasteiger partial charge in [0, 0.05) is 30.6 Å². The van der Waals surface area contributed by atoms with Crippen molar-refractivity contribution in [3.63, 3.8) is 0 Å². The standard InChI is InChI=1S/C13H19N3O3S/c1-5-10-8(2)14-13-16(12(10)18)6-9(7-20-13)11(17)15(3)19-4/h9H,5-7H2,1-4H3. The predicted octanol–water partition coefficient (Wildman–Crippen LogP) is 0.856. The van der Waals surface area contributed by atoms with Gasteiger partial charge in [0.2, 0.25) is 0 Å². The van der Waals surface area contributed by atoms with Crippen LogP contribution in [-0.2, 0) is 22.6 Å². The van der Waals surface area contributed by atoms with Crippen molar-refractivity contribution in [2.45, 2.75) is 32.0 Å². The molecule has 0 aliphatic carbocycles. The van der Waals surface area contributed by atoms with Crippen LogP contribution in [-0.4, -0.2) is 40.4 Å². The second kappa shape index (κ2) is 5.97. The summed E-state index contributed by atoms with van der Waals surface area (Å²) in [5.74, 6) is 0.240. The van der Waals surface area contributed by atoms with Crippen molar-refractivity contribution in [3.05, 3.63) is 21.6 Å². The van der Waals surface area contributed by atoms with Crippen LogP contribution < -0.4 is 5.56 Å². The maximum atomic E-state index is 12.4. The average molecular weight is 297 g/mol. The summed E-state index contributed by atoms with van der Waals surface area (Å²) in [6, 6.07) is 0. The summed E-state index contributed by atoms with van der Waals surface area (Å²) in [7, 11) is 3.03. The highest BCUT2D eigenvalue weighted by molar-refractivity contribution is 7.99. The number of hydroxylamine groups is 2. The summed E-state index contributed by atoms with van der Waals surface area (Å²) in [6.07, 6.45) is 0.652. The van der Waals surface area contributed by atoms with Crippen LogP contribution >= 0.6 is 11.8 Å². The summed E-state index contributed by atoms with van der Waals surface area (Å²) >= 11 is 1.45. The normalized spacial score (nSPS) is 17.7. The number of thioether (sulfide) groups is 1. The van der Waals surface area contributed by atoms with Crippen LogP contribution in [0.5, 0.6) is 0 Å². The Labute approximate surface area is 122 Å². The van der Waals surface area contributed by atoms with Crippen LogP contribution in [0.15, 0.2) is 9.95 Å². The van der Waals surface area contributed by atoms with E-state index >= 15 is 0 Å². The van der Waals surface area contributed by atoms with Gasteiger partial charge in [-0.3, -0.25) is 19.0 Å². The maximum absolute atomic E-state index is 12.4. The van der Waals surface area contributed by atoms with Crippen LogP contribution in [0.3, 0.4) is 0 Å². The van der Waals surface area contributed by atoms with Crippen LogP contribution in [0.25, 0.3) is 0 Å². The summed E-state index contributed by atoms with van der Waals surface area (Å²) < 4.78 is 1.62. The van der Waals surface area contributed by atoms with Crippen molar-refractivity contribution < 1.29 is 9.63 Å². The van der Waals surface area contributed by atoms with E-state index in [0.29, 0.717) is 23.9 Å². The number of fused-ring (bicyclic) bond motifs is 1. The third kappa shape index (κ3) is 2.60. The van der Waals surface area contributed by atoms with E-state index in [1.807, 2.05) is 13.8 Å². The Kier molecular flexibility index (Phi) is 4.49. The van der Waals surface area contributed by atoms with E-state index in [9.17, 15) is 9.59 Å². The molecule has 7 heteroatoms. The van der Waals surface area contributed by atoms with E-state index in [0.717, 1.165) is 11.3 Å². The Morgan fingerprint density at radius 2 is 2.30 bits per heavy atom. The highest BCUT2D eigenvalue weighted by Gasteiger charge is 2.29. The molecule has 0 radical (unpaired) electrons. The molecule has 6 nitrogen and oxygen atoms in total. The van der Waals surface area contributed by atoms with Gasteiger partial charge in [-0.25, -0.2) is 10.0 Å². The van der Waals surface area contributed by atoms with Gasteiger partial charge in [-0.2, -0.15) is 0 Å². The summed E-state index contributed by atoms with van der Waals surface area (Å²) in [5, 5.41) is 1.91. The zero-order chi connectivity index (χ0) is 14.9. The molecule has 0 fully saturated rings. The molecule has 1 amide bonds. The lowest BCUT2D eigenvalue weighted by molar-refractivity contribution is -0.173. The lowest BCUT2D eigenvalue weighted by Gasteiger charge is -2.27. The fourth-order valence-electron chi connectivity index (χ4n) is 2.30. The molecule has 1 atom stereocenters. The highest BCUT2D eigenvalue weighted by Crippen LogP contribution is 2.26. The SMILES string of the molecule is CCc1c(C)nc2n(c1=O)CC(C(=O)N(C)OC)CS2. The molecule has 1 aliphatic rings. The van der Waals surface area contributed by atoms with Gasteiger partial charge in [0.05, 0.1) is 13.0 Å². The Morgan fingerprint density at radius 1 is 1.60 bits per heavy atom. The number of carbonyl (C=O) groups excluding carboxylic acids is 1. The van der Waals surface area contributed by atoms with E-state index in [1.54, 1.807) is 11.6 Å². The number of amides is 1. The molecule has 0 spiro atoms. The molecule has 0 N–H and O–H groups in total. The lowest BCUT2D eigenvalue weighted by Crippen LogP contribution is -2.41. The van der Waals surface area contributed by atoms with Crippen molar-refractivity contribution >= 4 is 17.7 Å². The Hall–Kier alpha value is -1.34. The second-order valence-electron chi connectivity index (χ2n) is 4.75. The Morgan fingerprint density at radius 3 is 2.90 bits per heavy atom. The van der Waals surface area contributed by atoms with Crippen molar-refractivity contribution in [2.75, 3.05) is 19.9 Å². The molecule has 110 valence electrons. The third-order valence-electron chi connectivity index (χ3n) is 3.54. The van der Waals surface area contributed by atoms with Gasteiger partial charge in [-0.15, -0.1) is 0 Å². The van der Waals surface area contributed by atoms with Crippen LogP contribution in [0.4, 0.5) is 0 Å². The highest BCUT2D eigenvalue weighted by atomic mass is 32.2. The minimum Gasteiger partial charge on any atom is -0.287 e. The number of nitrogens with zero attached hydrogens (tertiary/aromatic N) is 3. The van der Waals surface area contributed by atoms with E-state index in [-0.39, 0.29) is 17.4 Å². The van der Waals surface area contributed by atoms with Gasteiger partial charge in [-0.1, -0.05) is 18.7 Å². The van der Waals surface area contributed by atoms with Gasteiger partial charge >= 0.3 is 0 Å². The zero-order valence-electron chi connectivity index (χ0n) is 12.2. The van der Waals surface area contributed by atoms with E-state index in [1.165, 1.54) is 23.9 Å². The fraction of sp³-hybridized carbons (Fsp3) is 0.615. The van der Waals surface area contributed by atoms with Crippen molar-refractivity contribution in [2.24, 2.45) is 5.92 Å².